The molecular weight excluding hydrogens is 361 g/mol. The third-order valence-corrected chi connectivity index (χ3v) is 3.67. The number of amides is 2. The first-order chi connectivity index (χ1) is 13.4. The number of aryl methyl sites for hydroxylation is 1. The van der Waals surface area contributed by atoms with Crippen LogP contribution in [0.3, 0.4) is 0 Å². The number of carbonyl (C=O) groups is 2. The van der Waals surface area contributed by atoms with Crippen molar-refractivity contribution in [2.75, 3.05) is 16.0 Å². The Morgan fingerprint density at radius 2 is 1.57 bits per heavy atom. The molecule has 2 amide bonds. The number of benzene rings is 2. The summed E-state index contributed by atoms with van der Waals surface area (Å²) in [6.07, 6.45) is 0. The summed E-state index contributed by atoms with van der Waals surface area (Å²) in [4.78, 5) is 31.9. The molecule has 0 aliphatic carbocycles. The van der Waals surface area contributed by atoms with E-state index in [9.17, 15) is 14.0 Å². The average Bonchev–Trinajstić information content (AvgIpc) is 2.64. The molecule has 1 aromatic heterocycles. The zero-order valence-corrected chi connectivity index (χ0v) is 15.3. The highest BCUT2D eigenvalue weighted by molar-refractivity contribution is 6.03. The Bertz CT molecular complexity index is 1020. The van der Waals surface area contributed by atoms with Gasteiger partial charge in [-0.25, -0.2) is 14.4 Å². The Labute approximate surface area is 161 Å². The molecule has 2 aromatic carbocycles. The van der Waals surface area contributed by atoms with Gasteiger partial charge in [0.1, 0.15) is 23.2 Å². The molecule has 0 unspecified atom stereocenters. The molecule has 0 aliphatic rings. The Morgan fingerprint density at radius 1 is 0.929 bits per heavy atom. The highest BCUT2D eigenvalue weighted by Crippen LogP contribution is 2.19. The van der Waals surface area contributed by atoms with E-state index in [1.807, 2.05) is 0 Å². The van der Waals surface area contributed by atoms with Crippen molar-refractivity contribution in [2.45, 2.75) is 13.8 Å². The van der Waals surface area contributed by atoms with E-state index in [0.717, 1.165) is 0 Å². The minimum absolute atomic E-state index is 0.136. The average molecular weight is 379 g/mol. The number of nitrogens with zero attached hydrogens (tertiary/aromatic N) is 2. The van der Waals surface area contributed by atoms with Gasteiger partial charge in [0.15, 0.2) is 0 Å². The summed E-state index contributed by atoms with van der Waals surface area (Å²) in [6.45, 7) is 3.06. The third kappa shape index (κ3) is 4.88. The number of halogens is 1. The van der Waals surface area contributed by atoms with Crippen molar-refractivity contribution in [3.63, 3.8) is 0 Å². The Hall–Kier alpha value is -3.81. The van der Waals surface area contributed by atoms with E-state index in [0.29, 0.717) is 23.0 Å². The van der Waals surface area contributed by atoms with Gasteiger partial charge in [-0.15, -0.1) is 0 Å². The van der Waals surface area contributed by atoms with E-state index in [-0.39, 0.29) is 17.3 Å². The lowest BCUT2D eigenvalue weighted by molar-refractivity contribution is -0.114. The summed E-state index contributed by atoms with van der Waals surface area (Å²) in [5.74, 6) is -0.363. The van der Waals surface area contributed by atoms with Crippen LogP contribution in [-0.2, 0) is 4.79 Å². The van der Waals surface area contributed by atoms with Crippen LogP contribution in [0.15, 0.2) is 54.6 Å². The SMILES string of the molecule is CC(=O)Nc1ccc(NC(=O)c2cc(Nc3ccccc3F)nc(C)n2)cc1. The molecule has 28 heavy (non-hydrogen) atoms. The normalized spacial score (nSPS) is 10.2. The predicted octanol–water partition coefficient (Wildman–Crippen LogP) is 3.88. The highest BCUT2D eigenvalue weighted by atomic mass is 19.1. The number of nitrogens with one attached hydrogen (secondary N) is 3. The Morgan fingerprint density at radius 3 is 2.21 bits per heavy atom. The number of aromatic nitrogens is 2. The first kappa shape index (κ1) is 19.0. The fraction of sp³-hybridized carbons (Fsp3) is 0.100. The van der Waals surface area contributed by atoms with Gasteiger partial charge in [-0.2, -0.15) is 0 Å². The molecule has 0 aliphatic heterocycles. The maximum Gasteiger partial charge on any atom is 0.274 e. The molecule has 0 bridgehead atoms. The smallest absolute Gasteiger partial charge is 0.274 e. The van der Waals surface area contributed by atoms with E-state index in [4.69, 9.17) is 0 Å². The second-order valence-corrected chi connectivity index (χ2v) is 6.00. The fourth-order valence-corrected chi connectivity index (χ4v) is 2.48. The van der Waals surface area contributed by atoms with Gasteiger partial charge in [-0.1, -0.05) is 12.1 Å². The molecule has 0 spiro atoms. The predicted molar refractivity (Wildman–Crippen MR) is 105 cm³/mol. The standard InChI is InChI=1S/C20H18FN5O2/c1-12-22-18(11-19(23-12)26-17-6-4-3-5-16(17)21)20(28)25-15-9-7-14(8-10-15)24-13(2)27/h3-11H,1-2H3,(H,24,27)(H,25,28)(H,22,23,26). The van der Waals surface area contributed by atoms with E-state index in [1.54, 1.807) is 49.4 Å². The second-order valence-electron chi connectivity index (χ2n) is 6.00. The van der Waals surface area contributed by atoms with Crippen LogP contribution in [0.4, 0.5) is 27.3 Å². The van der Waals surface area contributed by atoms with Crippen molar-refractivity contribution in [2.24, 2.45) is 0 Å². The summed E-state index contributed by atoms with van der Waals surface area (Å²) in [6, 6.07) is 14.3. The number of para-hydroxylation sites is 1. The van der Waals surface area contributed by atoms with Crippen molar-refractivity contribution in [1.82, 2.24) is 9.97 Å². The van der Waals surface area contributed by atoms with Crippen molar-refractivity contribution >= 4 is 34.7 Å². The molecule has 3 N–H and O–H groups in total. The van der Waals surface area contributed by atoms with Gasteiger partial charge in [0.05, 0.1) is 5.69 Å². The molecule has 0 radical (unpaired) electrons. The number of anilines is 4. The molecular formula is C20H18FN5O2. The topological polar surface area (TPSA) is 96.0 Å². The minimum Gasteiger partial charge on any atom is -0.338 e. The molecule has 3 rings (SSSR count). The van der Waals surface area contributed by atoms with Crippen molar-refractivity contribution < 1.29 is 14.0 Å². The van der Waals surface area contributed by atoms with Crippen LogP contribution in [0.25, 0.3) is 0 Å². The maximum absolute atomic E-state index is 13.8. The highest BCUT2D eigenvalue weighted by Gasteiger charge is 2.12. The number of carbonyl (C=O) groups excluding carboxylic acids is 2. The molecule has 142 valence electrons. The number of hydrogen-bond donors (Lipinski definition) is 3. The minimum atomic E-state index is -0.436. The quantitative estimate of drug-likeness (QED) is 0.625. The van der Waals surface area contributed by atoms with Crippen LogP contribution in [0.1, 0.15) is 23.2 Å². The molecule has 0 saturated heterocycles. The summed E-state index contributed by atoms with van der Waals surface area (Å²) in [5, 5.41) is 8.22. The Balaban J connectivity index is 1.75. The zero-order chi connectivity index (χ0) is 20.1. The monoisotopic (exact) mass is 379 g/mol. The first-order valence-electron chi connectivity index (χ1n) is 8.47. The van der Waals surface area contributed by atoms with Gasteiger partial charge in [0, 0.05) is 24.4 Å². The second kappa shape index (κ2) is 8.26. The molecule has 0 atom stereocenters. The molecule has 8 heteroatoms. The fourth-order valence-electron chi connectivity index (χ4n) is 2.48. The van der Waals surface area contributed by atoms with Crippen molar-refractivity contribution in [3.05, 3.63) is 71.9 Å². The molecule has 3 aromatic rings. The van der Waals surface area contributed by atoms with Crippen LogP contribution >= 0.6 is 0 Å². The van der Waals surface area contributed by atoms with Gasteiger partial charge in [-0.3, -0.25) is 9.59 Å². The summed E-state index contributed by atoms with van der Waals surface area (Å²) < 4.78 is 13.8. The lowest BCUT2D eigenvalue weighted by Gasteiger charge is -2.10. The molecule has 0 fully saturated rings. The lowest BCUT2D eigenvalue weighted by atomic mass is 10.2. The third-order valence-electron chi connectivity index (χ3n) is 3.67. The summed E-state index contributed by atoms with van der Waals surface area (Å²) in [5.41, 5.74) is 1.55. The molecule has 0 saturated carbocycles. The zero-order valence-electron chi connectivity index (χ0n) is 15.3. The first-order valence-corrected chi connectivity index (χ1v) is 8.47. The van der Waals surface area contributed by atoms with E-state index in [1.165, 1.54) is 19.1 Å². The van der Waals surface area contributed by atoms with Crippen LogP contribution in [-0.4, -0.2) is 21.8 Å². The van der Waals surface area contributed by atoms with E-state index < -0.39 is 11.7 Å². The van der Waals surface area contributed by atoms with Gasteiger partial charge >= 0.3 is 0 Å². The summed E-state index contributed by atoms with van der Waals surface area (Å²) >= 11 is 0. The van der Waals surface area contributed by atoms with Crippen LogP contribution < -0.4 is 16.0 Å². The van der Waals surface area contributed by atoms with Crippen LogP contribution in [0.5, 0.6) is 0 Å². The molecule has 7 nitrogen and oxygen atoms in total. The number of rotatable bonds is 5. The maximum atomic E-state index is 13.8. The van der Waals surface area contributed by atoms with Gasteiger partial charge in [0.2, 0.25) is 5.91 Å². The van der Waals surface area contributed by atoms with Crippen molar-refractivity contribution in [1.29, 1.82) is 0 Å². The van der Waals surface area contributed by atoms with Gasteiger partial charge < -0.3 is 16.0 Å². The van der Waals surface area contributed by atoms with Crippen molar-refractivity contribution in [3.8, 4) is 0 Å². The van der Waals surface area contributed by atoms with Gasteiger partial charge in [0.25, 0.3) is 5.91 Å². The van der Waals surface area contributed by atoms with Gasteiger partial charge in [-0.05, 0) is 43.3 Å². The summed E-state index contributed by atoms with van der Waals surface area (Å²) in [7, 11) is 0. The lowest BCUT2D eigenvalue weighted by Crippen LogP contribution is -2.15. The largest absolute Gasteiger partial charge is 0.338 e. The number of hydrogen-bond acceptors (Lipinski definition) is 5. The van der Waals surface area contributed by atoms with Crippen LogP contribution in [0.2, 0.25) is 0 Å². The molecule has 1 heterocycles. The van der Waals surface area contributed by atoms with E-state index in [2.05, 4.69) is 25.9 Å². The van der Waals surface area contributed by atoms with E-state index >= 15 is 0 Å². The Kier molecular flexibility index (Phi) is 5.59. The van der Waals surface area contributed by atoms with Crippen LogP contribution in [0, 0.1) is 12.7 Å².